The van der Waals surface area contributed by atoms with E-state index in [0.29, 0.717) is 24.5 Å². The standard InChI is InChI=1S/C23H22F3N5/c1-15-11-21-28-19(12-20(23(24,25)26)31(21)29-15)17-8-4-10-30(13-17)14-18-6-2-5-16-7-3-9-27-22(16)18/h2-3,5-7,9,11-12,17H,4,8,10,13-14H2,1H3/t17-/m0/s1. The summed E-state index contributed by atoms with van der Waals surface area (Å²) in [7, 11) is 0. The average molecular weight is 425 g/mol. The number of halogens is 3. The van der Waals surface area contributed by atoms with Gasteiger partial charge in [-0.1, -0.05) is 24.3 Å². The van der Waals surface area contributed by atoms with Gasteiger partial charge < -0.3 is 0 Å². The van der Waals surface area contributed by atoms with E-state index >= 15 is 0 Å². The molecule has 31 heavy (non-hydrogen) atoms. The highest BCUT2D eigenvalue weighted by Crippen LogP contribution is 2.34. The lowest BCUT2D eigenvalue weighted by Gasteiger charge is -2.32. The van der Waals surface area contributed by atoms with Crippen LogP contribution in [0.1, 0.15) is 41.4 Å². The summed E-state index contributed by atoms with van der Waals surface area (Å²) in [6.45, 7) is 3.96. The van der Waals surface area contributed by atoms with Gasteiger partial charge >= 0.3 is 6.18 Å². The number of hydrogen-bond donors (Lipinski definition) is 0. The first-order valence-corrected chi connectivity index (χ1v) is 10.4. The van der Waals surface area contributed by atoms with Crippen molar-refractivity contribution >= 4 is 16.6 Å². The Morgan fingerprint density at radius 1 is 1.13 bits per heavy atom. The van der Waals surface area contributed by atoms with Crippen molar-refractivity contribution in [3.63, 3.8) is 0 Å². The van der Waals surface area contributed by atoms with E-state index < -0.39 is 11.9 Å². The van der Waals surface area contributed by atoms with Gasteiger partial charge in [-0.2, -0.15) is 18.3 Å². The number of para-hydroxylation sites is 1. The first-order valence-electron chi connectivity index (χ1n) is 10.4. The molecule has 4 aromatic rings. The largest absolute Gasteiger partial charge is 0.433 e. The van der Waals surface area contributed by atoms with Gasteiger partial charge in [-0.25, -0.2) is 9.50 Å². The van der Waals surface area contributed by atoms with Gasteiger partial charge in [0.2, 0.25) is 0 Å². The van der Waals surface area contributed by atoms with Gasteiger partial charge in [-0.05, 0) is 44.0 Å². The molecule has 0 N–H and O–H groups in total. The van der Waals surface area contributed by atoms with Crippen LogP contribution in [0.4, 0.5) is 13.2 Å². The lowest BCUT2D eigenvalue weighted by Crippen LogP contribution is -2.34. The molecule has 8 heteroatoms. The highest BCUT2D eigenvalue weighted by atomic mass is 19.4. The minimum Gasteiger partial charge on any atom is -0.298 e. The molecule has 1 fully saturated rings. The van der Waals surface area contributed by atoms with E-state index in [1.54, 1.807) is 19.2 Å². The minimum atomic E-state index is -4.49. The van der Waals surface area contributed by atoms with Gasteiger partial charge in [-0.3, -0.25) is 9.88 Å². The second kappa shape index (κ2) is 7.60. The molecule has 4 heterocycles. The van der Waals surface area contributed by atoms with Crippen molar-refractivity contribution in [2.24, 2.45) is 0 Å². The van der Waals surface area contributed by atoms with Crippen LogP contribution in [-0.4, -0.2) is 37.6 Å². The highest BCUT2D eigenvalue weighted by Gasteiger charge is 2.36. The number of fused-ring (bicyclic) bond motifs is 2. The molecule has 1 aliphatic rings. The second-order valence-electron chi connectivity index (χ2n) is 8.19. The van der Waals surface area contributed by atoms with Gasteiger partial charge in [-0.15, -0.1) is 0 Å². The third-order valence-electron chi connectivity index (χ3n) is 5.89. The van der Waals surface area contributed by atoms with Crippen molar-refractivity contribution in [3.05, 3.63) is 71.3 Å². The molecule has 5 nitrogen and oxygen atoms in total. The third kappa shape index (κ3) is 3.87. The molecule has 3 aromatic heterocycles. The SMILES string of the molecule is Cc1cc2nc([C@H]3CCCN(Cc4cccc5cccnc45)C3)cc(C(F)(F)F)n2n1. The molecule has 0 spiro atoms. The summed E-state index contributed by atoms with van der Waals surface area (Å²) in [5.74, 6) is -0.0574. The summed E-state index contributed by atoms with van der Waals surface area (Å²) in [5.41, 5.74) is 2.59. The summed E-state index contributed by atoms with van der Waals surface area (Å²) in [6.07, 6.45) is -0.971. The Bertz CT molecular complexity index is 1240. The van der Waals surface area contributed by atoms with Crippen LogP contribution in [0.25, 0.3) is 16.6 Å². The van der Waals surface area contributed by atoms with E-state index in [1.807, 2.05) is 24.3 Å². The van der Waals surface area contributed by atoms with Gasteiger partial charge in [0, 0.05) is 42.4 Å². The summed E-state index contributed by atoms with van der Waals surface area (Å²) >= 11 is 0. The Kier molecular flexibility index (Phi) is 4.89. The molecule has 0 saturated carbocycles. The molecule has 1 atom stereocenters. The zero-order chi connectivity index (χ0) is 21.6. The number of aromatic nitrogens is 4. The monoisotopic (exact) mass is 425 g/mol. The number of aryl methyl sites for hydroxylation is 1. The quantitative estimate of drug-likeness (QED) is 0.464. The van der Waals surface area contributed by atoms with Crippen molar-refractivity contribution in [2.45, 2.75) is 38.4 Å². The first-order chi connectivity index (χ1) is 14.9. The molecule has 1 aromatic carbocycles. The fraction of sp³-hybridized carbons (Fsp3) is 0.348. The van der Waals surface area contributed by atoms with Crippen molar-refractivity contribution in [1.82, 2.24) is 24.5 Å². The number of rotatable bonds is 3. The number of nitrogens with zero attached hydrogens (tertiary/aromatic N) is 5. The smallest absolute Gasteiger partial charge is 0.298 e. The maximum atomic E-state index is 13.7. The van der Waals surface area contributed by atoms with E-state index in [0.717, 1.165) is 40.4 Å². The van der Waals surface area contributed by atoms with Crippen LogP contribution in [0.15, 0.2) is 48.7 Å². The van der Waals surface area contributed by atoms with E-state index in [-0.39, 0.29) is 11.6 Å². The molecule has 1 aliphatic heterocycles. The van der Waals surface area contributed by atoms with Gasteiger partial charge in [0.15, 0.2) is 5.65 Å². The molecule has 0 unspecified atom stereocenters. The van der Waals surface area contributed by atoms with Crippen molar-refractivity contribution < 1.29 is 13.2 Å². The fourth-order valence-corrected chi connectivity index (χ4v) is 4.50. The summed E-state index contributed by atoms with van der Waals surface area (Å²) < 4.78 is 41.9. The Morgan fingerprint density at radius 2 is 1.97 bits per heavy atom. The second-order valence-corrected chi connectivity index (χ2v) is 8.19. The van der Waals surface area contributed by atoms with Crippen LogP contribution < -0.4 is 0 Å². The number of benzene rings is 1. The molecular weight excluding hydrogens is 403 g/mol. The Hall–Kier alpha value is -3.00. The molecule has 5 rings (SSSR count). The van der Waals surface area contributed by atoms with Crippen LogP contribution in [0, 0.1) is 6.92 Å². The average Bonchev–Trinajstić information content (AvgIpc) is 3.13. The van der Waals surface area contributed by atoms with E-state index in [1.165, 1.54) is 6.07 Å². The number of alkyl halides is 3. The van der Waals surface area contributed by atoms with E-state index in [9.17, 15) is 13.2 Å². The summed E-state index contributed by atoms with van der Waals surface area (Å²) in [6, 6.07) is 12.9. The Labute approximate surface area is 177 Å². The normalized spacial score (nSPS) is 18.1. The topological polar surface area (TPSA) is 46.3 Å². The van der Waals surface area contributed by atoms with Gasteiger partial charge in [0.1, 0.15) is 5.69 Å². The Balaban J connectivity index is 1.44. The predicted octanol–water partition coefficient (Wildman–Crippen LogP) is 4.98. The lowest BCUT2D eigenvalue weighted by molar-refractivity contribution is -0.142. The molecule has 0 radical (unpaired) electrons. The van der Waals surface area contributed by atoms with Crippen LogP contribution >= 0.6 is 0 Å². The Morgan fingerprint density at radius 3 is 2.81 bits per heavy atom. The van der Waals surface area contributed by atoms with Crippen molar-refractivity contribution in [1.29, 1.82) is 0 Å². The summed E-state index contributed by atoms with van der Waals surface area (Å²) in [4.78, 5) is 11.4. The molecular formula is C23H22F3N5. The summed E-state index contributed by atoms with van der Waals surface area (Å²) in [5, 5.41) is 5.07. The highest BCUT2D eigenvalue weighted by molar-refractivity contribution is 5.81. The molecule has 1 saturated heterocycles. The first kappa shape index (κ1) is 19.9. The zero-order valence-electron chi connectivity index (χ0n) is 17.1. The van der Waals surface area contributed by atoms with Crippen LogP contribution in [0.5, 0.6) is 0 Å². The molecule has 0 bridgehead atoms. The van der Waals surface area contributed by atoms with E-state index in [4.69, 9.17) is 0 Å². The van der Waals surface area contributed by atoms with Crippen LogP contribution in [0.2, 0.25) is 0 Å². The number of piperidine rings is 1. The van der Waals surface area contributed by atoms with E-state index in [2.05, 4.69) is 26.0 Å². The number of pyridine rings is 1. The third-order valence-corrected chi connectivity index (χ3v) is 5.89. The zero-order valence-corrected chi connectivity index (χ0v) is 17.1. The van der Waals surface area contributed by atoms with Crippen molar-refractivity contribution in [3.8, 4) is 0 Å². The van der Waals surface area contributed by atoms with Crippen molar-refractivity contribution in [2.75, 3.05) is 13.1 Å². The maximum absolute atomic E-state index is 13.7. The molecule has 0 aliphatic carbocycles. The van der Waals surface area contributed by atoms with Gasteiger partial charge in [0.05, 0.1) is 11.2 Å². The lowest BCUT2D eigenvalue weighted by atomic mass is 9.93. The molecule has 0 amide bonds. The van der Waals surface area contributed by atoms with Crippen LogP contribution in [0.3, 0.4) is 0 Å². The number of likely N-dealkylation sites (tertiary alicyclic amines) is 1. The number of hydrogen-bond acceptors (Lipinski definition) is 4. The molecule has 160 valence electrons. The maximum Gasteiger partial charge on any atom is 0.433 e. The van der Waals surface area contributed by atoms with Gasteiger partial charge in [0.25, 0.3) is 0 Å². The van der Waals surface area contributed by atoms with Crippen LogP contribution in [-0.2, 0) is 12.7 Å². The fourth-order valence-electron chi connectivity index (χ4n) is 4.50. The predicted molar refractivity (Wildman–Crippen MR) is 112 cm³/mol. The minimum absolute atomic E-state index is 0.0574.